The molecule has 0 aromatic rings. The predicted octanol–water partition coefficient (Wildman–Crippen LogP) is -0.237. The Hall–Kier alpha value is -0.120. The second-order valence-corrected chi connectivity index (χ2v) is 2.18. The van der Waals surface area contributed by atoms with Crippen molar-refractivity contribution in [3.8, 4) is 0 Å². The first-order valence-electron chi connectivity index (χ1n) is 2.98. The topological polar surface area (TPSA) is 49.7 Å². The van der Waals surface area contributed by atoms with E-state index in [9.17, 15) is 0 Å². The van der Waals surface area contributed by atoms with Gasteiger partial charge in [0.15, 0.2) is 0 Å². The number of aliphatic hydroxyl groups is 2. The molecule has 3 heteroatoms. The van der Waals surface area contributed by atoms with E-state index < -0.39 is 18.3 Å². The molecule has 0 fully saturated rings. The van der Waals surface area contributed by atoms with Crippen molar-refractivity contribution in [2.24, 2.45) is 0 Å². The minimum absolute atomic E-state index is 0.468. The molecule has 0 radical (unpaired) electrons. The van der Waals surface area contributed by atoms with Crippen molar-refractivity contribution in [1.29, 1.82) is 0 Å². The molecule has 0 aliphatic carbocycles. The Labute approximate surface area is 55.3 Å². The lowest BCUT2D eigenvalue weighted by Crippen LogP contribution is -2.35. The maximum Gasteiger partial charge on any atom is 0.108 e. The van der Waals surface area contributed by atoms with Gasteiger partial charge in [-0.3, -0.25) is 0 Å². The van der Waals surface area contributed by atoms with Gasteiger partial charge in [-0.05, 0) is 13.8 Å². The van der Waals surface area contributed by atoms with E-state index in [2.05, 4.69) is 0 Å². The van der Waals surface area contributed by atoms with E-state index in [1.54, 1.807) is 13.8 Å². The van der Waals surface area contributed by atoms with Crippen LogP contribution in [-0.4, -0.2) is 35.6 Å². The molecule has 0 aliphatic heterocycles. The van der Waals surface area contributed by atoms with Crippen molar-refractivity contribution in [2.45, 2.75) is 32.2 Å². The van der Waals surface area contributed by atoms with E-state index in [1.807, 2.05) is 0 Å². The van der Waals surface area contributed by atoms with Gasteiger partial charge in [-0.1, -0.05) is 0 Å². The number of ether oxygens (including phenoxy) is 1. The molecule has 0 heterocycles. The molecular weight excluding hydrogens is 120 g/mol. The van der Waals surface area contributed by atoms with Gasteiger partial charge in [0.2, 0.25) is 0 Å². The number of aliphatic hydroxyl groups excluding tert-OH is 2. The summed E-state index contributed by atoms with van der Waals surface area (Å²) in [4.78, 5) is 0. The lowest BCUT2D eigenvalue weighted by molar-refractivity contribution is -0.0679. The Kier molecular flexibility index (Phi) is 3.77. The largest absolute Gasteiger partial charge is 0.391 e. The van der Waals surface area contributed by atoms with Crippen LogP contribution >= 0.6 is 0 Å². The van der Waals surface area contributed by atoms with Crippen LogP contribution in [0, 0.1) is 0 Å². The van der Waals surface area contributed by atoms with Crippen LogP contribution in [0.2, 0.25) is 0 Å². The first kappa shape index (κ1) is 8.88. The fourth-order valence-electron chi connectivity index (χ4n) is 0.797. The van der Waals surface area contributed by atoms with Crippen LogP contribution in [0.15, 0.2) is 0 Å². The minimum atomic E-state index is -0.616. The van der Waals surface area contributed by atoms with E-state index in [1.165, 1.54) is 7.11 Å². The average Bonchev–Trinajstić information content (AvgIpc) is 1.64. The molecule has 2 atom stereocenters. The predicted molar refractivity (Wildman–Crippen MR) is 34.2 cm³/mol. The maximum atomic E-state index is 8.90. The van der Waals surface area contributed by atoms with Crippen LogP contribution < -0.4 is 0 Å². The molecule has 3 nitrogen and oxygen atoms in total. The molecular formula is C6H14O3. The smallest absolute Gasteiger partial charge is 0.108 e. The first-order chi connectivity index (χ1) is 4.09. The van der Waals surface area contributed by atoms with E-state index in [0.29, 0.717) is 0 Å². The number of hydrogen-bond acceptors (Lipinski definition) is 3. The third kappa shape index (κ3) is 2.79. The molecule has 56 valence electrons. The second-order valence-electron chi connectivity index (χ2n) is 2.18. The van der Waals surface area contributed by atoms with Crippen LogP contribution in [0.4, 0.5) is 0 Å². The second kappa shape index (κ2) is 3.82. The Morgan fingerprint density at radius 3 is 1.44 bits per heavy atom. The number of rotatable bonds is 3. The van der Waals surface area contributed by atoms with Crippen LogP contribution in [-0.2, 0) is 4.74 Å². The van der Waals surface area contributed by atoms with E-state index >= 15 is 0 Å². The van der Waals surface area contributed by atoms with E-state index in [-0.39, 0.29) is 0 Å². The van der Waals surface area contributed by atoms with Gasteiger partial charge in [-0.15, -0.1) is 0 Å². The summed E-state index contributed by atoms with van der Waals surface area (Å²) in [5.41, 5.74) is 0. The van der Waals surface area contributed by atoms with Gasteiger partial charge in [0.05, 0.1) is 12.2 Å². The van der Waals surface area contributed by atoms with Crippen molar-refractivity contribution in [2.75, 3.05) is 7.11 Å². The Morgan fingerprint density at radius 2 is 1.44 bits per heavy atom. The third-order valence-electron chi connectivity index (χ3n) is 1.22. The van der Waals surface area contributed by atoms with Crippen molar-refractivity contribution in [1.82, 2.24) is 0 Å². The van der Waals surface area contributed by atoms with E-state index in [0.717, 1.165) is 0 Å². The lowest BCUT2D eigenvalue weighted by Gasteiger charge is -2.20. The molecule has 0 saturated carbocycles. The maximum absolute atomic E-state index is 8.90. The lowest BCUT2D eigenvalue weighted by atomic mass is 10.1. The molecule has 0 aromatic heterocycles. The summed E-state index contributed by atoms with van der Waals surface area (Å²) in [6.07, 6.45) is -1.70. The zero-order chi connectivity index (χ0) is 7.44. The summed E-state index contributed by atoms with van der Waals surface area (Å²) in [5, 5.41) is 17.8. The normalized spacial score (nSPS) is 21.0. The minimum Gasteiger partial charge on any atom is -0.391 e. The molecule has 0 amide bonds. The quantitative estimate of drug-likeness (QED) is 0.560. The molecule has 2 N–H and O–H groups in total. The van der Waals surface area contributed by atoms with Crippen molar-refractivity contribution in [3.05, 3.63) is 0 Å². The van der Waals surface area contributed by atoms with Crippen LogP contribution in [0.3, 0.4) is 0 Å². The highest BCUT2D eigenvalue weighted by atomic mass is 16.5. The molecule has 0 aliphatic rings. The molecule has 2 unspecified atom stereocenters. The molecule has 0 saturated heterocycles. The van der Waals surface area contributed by atoms with Gasteiger partial charge in [0.1, 0.15) is 6.10 Å². The molecule has 0 aromatic carbocycles. The first-order valence-corrected chi connectivity index (χ1v) is 2.98. The average molecular weight is 134 g/mol. The Balaban J connectivity index is 3.68. The summed E-state index contributed by atoms with van der Waals surface area (Å²) in [7, 11) is 1.46. The van der Waals surface area contributed by atoms with Gasteiger partial charge in [-0.2, -0.15) is 0 Å². The summed E-state index contributed by atoms with van der Waals surface area (Å²) in [6, 6.07) is 0. The van der Waals surface area contributed by atoms with Crippen molar-refractivity contribution >= 4 is 0 Å². The summed E-state index contributed by atoms with van der Waals surface area (Å²) < 4.78 is 4.77. The molecule has 9 heavy (non-hydrogen) atoms. The van der Waals surface area contributed by atoms with Crippen LogP contribution in [0.1, 0.15) is 13.8 Å². The monoisotopic (exact) mass is 134 g/mol. The van der Waals surface area contributed by atoms with Gasteiger partial charge in [0.25, 0.3) is 0 Å². The third-order valence-corrected chi connectivity index (χ3v) is 1.22. The summed E-state index contributed by atoms with van der Waals surface area (Å²) >= 11 is 0. The van der Waals surface area contributed by atoms with Crippen molar-refractivity contribution in [3.63, 3.8) is 0 Å². The zero-order valence-electron chi connectivity index (χ0n) is 6.03. The SMILES string of the molecule is COC(C(C)O)C(C)O. The summed E-state index contributed by atoms with van der Waals surface area (Å²) in [6.45, 7) is 3.17. The fraction of sp³-hybridized carbons (Fsp3) is 1.00. The van der Waals surface area contributed by atoms with Crippen LogP contribution in [0.25, 0.3) is 0 Å². The highest BCUT2D eigenvalue weighted by molar-refractivity contribution is 4.68. The highest BCUT2D eigenvalue weighted by Crippen LogP contribution is 2.02. The zero-order valence-corrected chi connectivity index (χ0v) is 6.03. The number of methoxy groups -OCH3 is 1. The Bertz CT molecular complexity index is 62.7. The van der Waals surface area contributed by atoms with Gasteiger partial charge >= 0.3 is 0 Å². The van der Waals surface area contributed by atoms with E-state index in [4.69, 9.17) is 14.9 Å². The molecule has 0 bridgehead atoms. The standard InChI is InChI=1S/C6H14O3/c1-4(7)6(9-3)5(2)8/h4-8H,1-3H3. The van der Waals surface area contributed by atoms with Gasteiger partial charge in [0, 0.05) is 7.11 Å². The Morgan fingerprint density at radius 1 is 1.11 bits per heavy atom. The number of hydrogen-bond donors (Lipinski definition) is 2. The molecule has 0 spiro atoms. The highest BCUT2D eigenvalue weighted by Gasteiger charge is 2.18. The van der Waals surface area contributed by atoms with Gasteiger partial charge in [-0.25, -0.2) is 0 Å². The summed E-state index contributed by atoms with van der Waals surface area (Å²) in [5.74, 6) is 0. The van der Waals surface area contributed by atoms with Crippen LogP contribution in [0.5, 0.6) is 0 Å². The van der Waals surface area contributed by atoms with Crippen molar-refractivity contribution < 1.29 is 14.9 Å². The van der Waals surface area contributed by atoms with Gasteiger partial charge < -0.3 is 14.9 Å². The fourth-order valence-corrected chi connectivity index (χ4v) is 0.797. The molecule has 0 rings (SSSR count).